The van der Waals surface area contributed by atoms with E-state index in [-0.39, 0.29) is 41.0 Å². The van der Waals surface area contributed by atoms with E-state index in [2.05, 4.69) is 5.32 Å². The van der Waals surface area contributed by atoms with Crippen LogP contribution in [0.4, 0.5) is 0 Å². The Kier molecular flexibility index (Phi) is 3.06. The summed E-state index contributed by atoms with van der Waals surface area (Å²) in [7, 11) is -5.91. The maximum atomic E-state index is 11.6. The summed E-state index contributed by atoms with van der Waals surface area (Å²) in [6.45, 7) is 0.543. The topological polar surface area (TPSA) is 83.6 Å². The third kappa shape index (κ3) is 2.59. The van der Waals surface area contributed by atoms with E-state index >= 15 is 0 Å². The molecule has 1 N–H and O–H groups in total. The van der Waals surface area contributed by atoms with Gasteiger partial charge in [-0.1, -0.05) is 0 Å². The molecule has 0 amide bonds. The summed E-state index contributed by atoms with van der Waals surface area (Å²) in [6.07, 6.45) is 0.644. The number of fused-ring (bicyclic) bond motifs is 1. The van der Waals surface area contributed by atoms with Gasteiger partial charge in [0.2, 0.25) is 0 Å². The van der Waals surface area contributed by atoms with E-state index in [1.54, 1.807) is 0 Å². The third-order valence-electron chi connectivity index (χ3n) is 4.07. The van der Waals surface area contributed by atoms with Gasteiger partial charge in [-0.15, -0.1) is 0 Å². The van der Waals surface area contributed by atoms with Crippen LogP contribution in [0.3, 0.4) is 0 Å². The van der Waals surface area contributed by atoms with Gasteiger partial charge < -0.3 is 10.2 Å². The fourth-order valence-electron chi connectivity index (χ4n) is 3.18. The van der Waals surface area contributed by atoms with Crippen LogP contribution >= 0.6 is 12.2 Å². The lowest BCUT2D eigenvalue weighted by atomic mass is 10.1. The van der Waals surface area contributed by atoms with Gasteiger partial charge in [0, 0.05) is 6.54 Å². The average Bonchev–Trinajstić information content (AvgIpc) is 2.82. The van der Waals surface area contributed by atoms with E-state index in [4.69, 9.17) is 12.2 Å². The zero-order valence-electron chi connectivity index (χ0n) is 10.3. The normalized spacial score (nSPS) is 39.3. The summed E-state index contributed by atoms with van der Waals surface area (Å²) in [4.78, 5) is 1.88. The van der Waals surface area contributed by atoms with Crippen molar-refractivity contribution < 1.29 is 16.8 Å². The molecule has 9 heteroatoms. The number of nitrogens with zero attached hydrogens (tertiary/aromatic N) is 1. The van der Waals surface area contributed by atoms with Crippen LogP contribution in [0.15, 0.2) is 0 Å². The highest BCUT2D eigenvalue weighted by Crippen LogP contribution is 2.27. The van der Waals surface area contributed by atoms with E-state index < -0.39 is 19.7 Å². The predicted molar refractivity (Wildman–Crippen MR) is 75.4 cm³/mol. The molecule has 0 unspecified atom stereocenters. The Bertz CT molecular complexity index is 613. The molecule has 19 heavy (non-hydrogen) atoms. The van der Waals surface area contributed by atoms with Gasteiger partial charge in [0.15, 0.2) is 24.8 Å². The zero-order valence-corrected chi connectivity index (χ0v) is 12.7. The average molecular weight is 324 g/mol. The Morgan fingerprint density at radius 1 is 1.16 bits per heavy atom. The molecule has 0 radical (unpaired) electrons. The first-order chi connectivity index (χ1) is 8.76. The fourth-order valence-corrected chi connectivity index (χ4v) is 7.31. The van der Waals surface area contributed by atoms with Crippen molar-refractivity contribution >= 4 is 37.0 Å². The number of sulfone groups is 2. The molecule has 0 spiro atoms. The van der Waals surface area contributed by atoms with Crippen molar-refractivity contribution in [3.05, 3.63) is 0 Å². The molecule has 0 aromatic carbocycles. The van der Waals surface area contributed by atoms with Crippen molar-refractivity contribution in [3.8, 4) is 0 Å². The monoisotopic (exact) mass is 324 g/mol. The maximum absolute atomic E-state index is 11.6. The Hall–Kier alpha value is -0.410. The van der Waals surface area contributed by atoms with Crippen molar-refractivity contribution in [1.82, 2.24) is 10.2 Å². The minimum absolute atomic E-state index is 0.0619. The molecule has 0 aliphatic carbocycles. The van der Waals surface area contributed by atoms with Gasteiger partial charge in [-0.2, -0.15) is 0 Å². The molecule has 3 atom stereocenters. The van der Waals surface area contributed by atoms with Crippen molar-refractivity contribution in [3.63, 3.8) is 0 Å². The first kappa shape index (κ1) is 13.6. The molecule has 0 saturated carbocycles. The Morgan fingerprint density at radius 2 is 1.89 bits per heavy atom. The lowest BCUT2D eigenvalue weighted by molar-refractivity contribution is 0.311. The van der Waals surface area contributed by atoms with E-state index in [0.717, 1.165) is 0 Å². The zero-order chi connectivity index (χ0) is 13.8. The second-order valence-corrected chi connectivity index (χ2v) is 10.4. The fraction of sp³-hybridized carbons (Fsp3) is 0.900. The minimum Gasteiger partial charge on any atom is -0.357 e. The molecule has 6 nitrogen and oxygen atoms in total. The number of thiocarbonyl (C=S) groups is 1. The van der Waals surface area contributed by atoms with Gasteiger partial charge in [-0.25, -0.2) is 16.8 Å². The van der Waals surface area contributed by atoms with Crippen molar-refractivity contribution in [2.45, 2.75) is 18.5 Å². The van der Waals surface area contributed by atoms with Crippen LogP contribution in [-0.2, 0) is 19.7 Å². The van der Waals surface area contributed by atoms with Gasteiger partial charge in [0.05, 0.1) is 35.1 Å². The molecule has 3 aliphatic heterocycles. The predicted octanol–water partition coefficient (Wildman–Crippen LogP) is -1.22. The van der Waals surface area contributed by atoms with Crippen LogP contribution < -0.4 is 5.32 Å². The number of nitrogens with one attached hydrogen (secondary N) is 1. The van der Waals surface area contributed by atoms with Crippen LogP contribution in [0.25, 0.3) is 0 Å². The smallest absolute Gasteiger partial charge is 0.169 e. The van der Waals surface area contributed by atoms with E-state index in [1.807, 2.05) is 4.90 Å². The molecule has 0 aromatic heterocycles. The van der Waals surface area contributed by atoms with Crippen LogP contribution in [0.1, 0.15) is 6.42 Å². The quantitative estimate of drug-likeness (QED) is 0.637. The van der Waals surface area contributed by atoms with Crippen molar-refractivity contribution in [2.24, 2.45) is 5.92 Å². The van der Waals surface area contributed by atoms with Gasteiger partial charge in [0.1, 0.15) is 0 Å². The Labute approximate surface area is 118 Å². The summed E-state index contributed by atoms with van der Waals surface area (Å²) < 4.78 is 46.2. The van der Waals surface area contributed by atoms with Crippen molar-refractivity contribution in [2.75, 3.05) is 29.6 Å². The Morgan fingerprint density at radius 3 is 2.53 bits per heavy atom. The van der Waals surface area contributed by atoms with Crippen LogP contribution in [-0.4, -0.2) is 68.5 Å². The molecule has 0 aromatic rings. The molecular formula is C10H16N2O4S3. The lowest BCUT2D eigenvalue weighted by Gasteiger charge is -2.25. The molecule has 108 valence electrons. The first-order valence-electron chi connectivity index (χ1n) is 6.24. The van der Waals surface area contributed by atoms with Gasteiger partial charge in [0.25, 0.3) is 0 Å². The molecule has 3 fully saturated rings. The van der Waals surface area contributed by atoms with Crippen LogP contribution in [0.5, 0.6) is 0 Å². The highest BCUT2D eigenvalue weighted by Gasteiger charge is 2.47. The van der Waals surface area contributed by atoms with E-state index in [1.165, 1.54) is 0 Å². The van der Waals surface area contributed by atoms with Gasteiger partial charge >= 0.3 is 0 Å². The summed E-state index contributed by atoms with van der Waals surface area (Å²) >= 11 is 5.23. The number of hydrogen-bond acceptors (Lipinski definition) is 5. The molecule has 0 bridgehead atoms. The maximum Gasteiger partial charge on any atom is 0.169 e. The third-order valence-corrected chi connectivity index (χ3v) is 7.98. The SMILES string of the molecule is O=S1(=O)CC[C@H](CN2C(=S)N[C@@H]3CS(=O)(=O)C[C@H]32)C1. The number of rotatable bonds is 2. The lowest BCUT2D eigenvalue weighted by Crippen LogP contribution is -2.40. The summed E-state index contributed by atoms with van der Waals surface area (Å²) in [6, 6.07) is -0.253. The van der Waals surface area contributed by atoms with Gasteiger partial charge in [-0.3, -0.25) is 0 Å². The highest BCUT2D eigenvalue weighted by atomic mass is 32.2. The van der Waals surface area contributed by atoms with Crippen LogP contribution in [0, 0.1) is 5.92 Å². The van der Waals surface area contributed by atoms with Crippen LogP contribution in [0.2, 0.25) is 0 Å². The molecular weight excluding hydrogens is 308 g/mol. The summed E-state index contributed by atoms with van der Waals surface area (Å²) in [5.41, 5.74) is 0. The molecule has 3 rings (SSSR count). The largest absolute Gasteiger partial charge is 0.357 e. The van der Waals surface area contributed by atoms with Gasteiger partial charge in [-0.05, 0) is 24.6 Å². The first-order valence-corrected chi connectivity index (χ1v) is 10.3. The standard InChI is InChI=1S/C10H16N2O4S3/c13-18(14)2-1-7(4-18)3-12-9-6-19(15,16)5-8(9)11-10(12)17/h7-9H,1-6H2,(H,11,17)/t7-,8-,9-/m1/s1. The second kappa shape index (κ2) is 4.29. The second-order valence-electron chi connectivity index (χ2n) is 5.62. The Balaban J connectivity index is 1.73. The highest BCUT2D eigenvalue weighted by molar-refractivity contribution is 7.92. The number of hydrogen-bond donors (Lipinski definition) is 1. The van der Waals surface area contributed by atoms with E-state index in [0.29, 0.717) is 18.1 Å². The molecule has 3 heterocycles. The summed E-state index contributed by atoms with van der Waals surface area (Å²) in [5, 5.41) is 3.61. The van der Waals surface area contributed by atoms with Crippen molar-refractivity contribution in [1.29, 1.82) is 0 Å². The van der Waals surface area contributed by atoms with E-state index in [9.17, 15) is 16.8 Å². The summed E-state index contributed by atoms with van der Waals surface area (Å²) in [5.74, 6) is 0.724. The minimum atomic E-state index is -3.00. The molecule has 3 saturated heterocycles. The molecule has 3 aliphatic rings.